The summed E-state index contributed by atoms with van der Waals surface area (Å²) >= 11 is 0. The summed E-state index contributed by atoms with van der Waals surface area (Å²) in [5.41, 5.74) is 2.65. The number of hydrogen-bond acceptors (Lipinski definition) is 2. The number of ether oxygens (including phenoxy) is 1. The van der Waals surface area contributed by atoms with Crippen molar-refractivity contribution in [3.63, 3.8) is 0 Å². The number of benzene rings is 1. The minimum Gasteiger partial charge on any atom is -0.497 e. The predicted molar refractivity (Wildman–Crippen MR) is 83.2 cm³/mol. The van der Waals surface area contributed by atoms with Gasteiger partial charge in [-0.3, -0.25) is 0 Å². The lowest BCUT2D eigenvalue weighted by Crippen LogP contribution is -2.19. The molecule has 2 rings (SSSR count). The van der Waals surface area contributed by atoms with Gasteiger partial charge in [0.1, 0.15) is 5.75 Å². The van der Waals surface area contributed by atoms with Gasteiger partial charge in [0.05, 0.1) is 7.11 Å². The summed E-state index contributed by atoms with van der Waals surface area (Å²) in [5.74, 6) is 0.903. The van der Waals surface area contributed by atoms with Crippen molar-refractivity contribution < 1.29 is 4.74 Å². The van der Waals surface area contributed by atoms with Crippen LogP contribution in [0.15, 0.2) is 42.7 Å². The van der Waals surface area contributed by atoms with Crippen LogP contribution in [0.1, 0.15) is 37.4 Å². The topological polar surface area (TPSA) is 26.2 Å². The minimum atomic E-state index is 0.456. The average Bonchev–Trinajstić information content (AvgIpc) is 2.94. The van der Waals surface area contributed by atoms with Crippen LogP contribution >= 0.6 is 0 Å². The second kappa shape index (κ2) is 7.15. The Morgan fingerprint density at radius 1 is 1.15 bits per heavy atom. The molecule has 1 unspecified atom stereocenters. The molecule has 108 valence electrons. The van der Waals surface area contributed by atoms with Gasteiger partial charge in [0.25, 0.3) is 0 Å². The fraction of sp³-hybridized carbons (Fsp3) is 0.412. The van der Waals surface area contributed by atoms with E-state index in [1.54, 1.807) is 7.11 Å². The fourth-order valence-corrected chi connectivity index (χ4v) is 2.45. The second-order valence-corrected chi connectivity index (χ2v) is 4.98. The van der Waals surface area contributed by atoms with Gasteiger partial charge >= 0.3 is 0 Å². The zero-order valence-corrected chi connectivity index (χ0v) is 12.6. The Morgan fingerprint density at radius 2 is 1.90 bits per heavy atom. The van der Waals surface area contributed by atoms with Crippen LogP contribution in [0.4, 0.5) is 0 Å². The molecule has 1 heterocycles. The van der Waals surface area contributed by atoms with Crippen LogP contribution in [-0.4, -0.2) is 18.2 Å². The molecule has 0 saturated heterocycles. The molecule has 1 aromatic carbocycles. The lowest BCUT2D eigenvalue weighted by Gasteiger charge is -2.14. The molecule has 0 bridgehead atoms. The van der Waals surface area contributed by atoms with E-state index in [-0.39, 0.29) is 0 Å². The number of methoxy groups -OCH3 is 1. The smallest absolute Gasteiger partial charge is 0.118 e. The first-order chi connectivity index (χ1) is 9.76. The molecule has 0 amide bonds. The van der Waals surface area contributed by atoms with Gasteiger partial charge in [-0.2, -0.15) is 0 Å². The first-order valence-corrected chi connectivity index (χ1v) is 7.28. The first-order valence-electron chi connectivity index (χ1n) is 7.28. The summed E-state index contributed by atoms with van der Waals surface area (Å²) in [5, 5.41) is 3.51. The highest BCUT2D eigenvalue weighted by Crippen LogP contribution is 2.18. The van der Waals surface area contributed by atoms with Crippen molar-refractivity contribution >= 4 is 0 Å². The van der Waals surface area contributed by atoms with Gasteiger partial charge in [-0.05, 0) is 42.3 Å². The SMILES string of the molecule is CCNC(CC)c1ccn(Cc2ccc(OC)cc2)c1. The van der Waals surface area contributed by atoms with Crippen molar-refractivity contribution in [1.29, 1.82) is 0 Å². The summed E-state index contributed by atoms with van der Waals surface area (Å²) < 4.78 is 7.41. The Morgan fingerprint density at radius 3 is 2.50 bits per heavy atom. The molecule has 0 aliphatic rings. The van der Waals surface area contributed by atoms with Crippen molar-refractivity contribution in [3.05, 3.63) is 53.9 Å². The third-order valence-corrected chi connectivity index (χ3v) is 3.56. The largest absolute Gasteiger partial charge is 0.497 e. The zero-order chi connectivity index (χ0) is 14.4. The van der Waals surface area contributed by atoms with Gasteiger partial charge in [0.2, 0.25) is 0 Å². The molecular formula is C17H24N2O. The van der Waals surface area contributed by atoms with Crippen LogP contribution in [0.5, 0.6) is 5.75 Å². The van der Waals surface area contributed by atoms with Crippen molar-refractivity contribution in [2.75, 3.05) is 13.7 Å². The fourth-order valence-electron chi connectivity index (χ4n) is 2.45. The Bertz CT molecular complexity index is 516. The van der Waals surface area contributed by atoms with Gasteiger partial charge in [-0.25, -0.2) is 0 Å². The summed E-state index contributed by atoms with van der Waals surface area (Å²) in [6, 6.07) is 10.9. The van der Waals surface area contributed by atoms with Crippen LogP contribution in [-0.2, 0) is 6.54 Å². The molecule has 0 saturated carbocycles. The molecule has 3 heteroatoms. The molecule has 0 spiro atoms. The third kappa shape index (κ3) is 3.64. The standard InChI is InChI=1S/C17H24N2O/c1-4-17(18-5-2)15-10-11-19(13-15)12-14-6-8-16(20-3)9-7-14/h6-11,13,17-18H,4-5,12H2,1-3H3. The molecule has 1 aromatic heterocycles. The maximum Gasteiger partial charge on any atom is 0.118 e. The van der Waals surface area contributed by atoms with E-state index in [4.69, 9.17) is 4.74 Å². The summed E-state index contributed by atoms with van der Waals surface area (Å²) in [6.07, 6.45) is 5.50. The first kappa shape index (κ1) is 14.7. The van der Waals surface area contributed by atoms with E-state index in [0.29, 0.717) is 6.04 Å². The van der Waals surface area contributed by atoms with Crippen LogP contribution in [0, 0.1) is 0 Å². The van der Waals surface area contributed by atoms with Crippen molar-refractivity contribution in [3.8, 4) is 5.75 Å². The molecule has 20 heavy (non-hydrogen) atoms. The molecule has 2 aromatic rings. The van der Waals surface area contributed by atoms with Gasteiger partial charge in [0.15, 0.2) is 0 Å². The number of nitrogens with one attached hydrogen (secondary N) is 1. The van der Waals surface area contributed by atoms with E-state index in [1.807, 2.05) is 12.1 Å². The maximum absolute atomic E-state index is 5.18. The normalized spacial score (nSPS) is 12.3. The molecule has 1 N–H and O–H groups in total. The van der Waals surface area contributed by atoms with E-state index in [0.717, 1.165) is 25.3 Å². The number of hydrogen-bond donors (Lipinski definition) is 1. The average molecular weight is 272 g/mol. The summed E-state index contributed by atoms with van der Waals surface area (Å²) in [4.78, 5) is 0. The molecular weight excluding hydrogens is 248 g/mol. The van der Waals surface area contributed by atoms with E-state index in [9.17, 15) is 0 Å². The Balaban J connectivity index is 2.04. The second-order valence-electron chi connectivity index (χ2n) is 4.98. The van der Waals surface area contributed by atoms with Gasteiger partial charge in [-0.15, -0.1) is 0 Å². The van der Waals surface area contributed by atoms with Gasteiger partial charge in [0, 0.05) is 25.0 Å². The van der Waals surface area contributed by atoms with Crippen molar-refractivity contribution in [1.82, 2.24) is 9.88 Å². The van der Waals surface area contributed by atoms with Crippen LogP contribution < -0.4 is 10.1 Å². The highest BCUT2D eigenvalue weighted by Gasteiger charge is 2.09. The molecule has 0 aliphatic carbocycles. The monoisotopic (exact) mass is 272 g/mol. The third-order valence-electron chi connectivity index (χ3n) is 3.56. The number of rotatable bonds is 7. The van der Waals surface area contributed by atoms with Gasteiger partial charge < -0.3 is 14.6 Å². The maximum atomic E-state index is 5.18. The summed E-state index contributed by atoms with van der Waals surface area (Å²) in [7, 11) is 1.69. The van der Waals surface area contributed by atoms with Crippen LogP contribution in [0.2, 0.25) is 0 Å². The highest BCUT2D eigenvalue weighted by atomic mass is 16.5. The lowest BCUT2D eigenvalue weighted by atomic mass is 10.1. The number of aromatic nitrogens is 1. The number of nitrogens with zero attached hydrogens (tertiary/aromatic N) is 1. The van der Waals surface area contributed by atoms with Crippen molar-refractivity contribution in [2.45, 2.75) is 32.9 Å². The van der Waals surface area contributed by atoms with Crippen molar-refractivity contribution in [2.24, 2.45) is 0 Å². The van der Waals surface area contributed by atoms with E-state index < -0.39 is 0 Å². The molecule has 0 radical (unpaired) electrons. The van der Waals surface area contributed by atoms with E-state index in [2.05, 4.69) is 54.3 Å². The predicted octanol–water partition coefficient (Wildman–Crippen LogP) is 3.61. The Labute approximate surface area is 121 Å². The molecule has 3 nitrogen and oxygen atoms in total. The van der Waals surface area contributed by atoms with Gasteiger partial charge in [-0.1, -0.05) is 26.0 Å². The summed E-state index contributed by atoms with van der Waals surface area (Å²) in [6.45, 7) is 6.26. The Kier molecular flexibility index (Phi) is 5.24. The zero-order valence-electron chi connectivity index (χ0n) is 12.6. The van der Waals surface area contributed by atoms with Crippen LogP contribution in [0.3, 0.4) is 0 Å². The minimum absolute atomic E-state index is 0.456. The lowest BCUT2D eigenvalue weighted by molar-refractivity contribution is 0.414. The van der Waals surface area contributed by atoms with E-state index in [1.165, 1.54) is 11.1 Å². The highest BCUT2D eigenvalue weighted by molar-refractivity contribution is 5.27. The molecule has 1 atom stereocenters. The molecule has 0 aliphatic heterocycles. The van der Waals surface area contributed by atoms with E-state index >= 15 is 0 Å². The molecule has 0 fully saturated rings. The quantitative estimate of drug-likeness (QED) is 0.833. The Hall–Kier alpha value is -1.74. The van der Waals surface area contributed by atoms with Crippen LogP contribution in [0.25, 0.3) is 0 Å².